The Labute approximate surface area is 155 Å². The number of aromatic nitrogens is 4. The summed E-state index contributed by atoms with van der Waals surface area (Å²) in [5.41, 5.74) is 7.18. The molecule has 136 valence electrons. The van der Waals surface area contributed by atoms with Gasteiger partial charge < -0.3 is 16.0 Å². The van der Waals surface area contributed by atoms with E-state index in [1.807, 2.05) is 6.07 Å². The summed E-state index contributed by atoms with van der Waals surface area (Å²) < 4.78 is 1.50. The van der Waals surface area contributed by atoms with Gasteiger partial charge in [0.15, 0.2) is 11.5 Å². The molecule has 0 aliphatic carbocycles. The SMILES string of the molecule is N#Cc1ccc(N2CCCC(NC(=O)c3c(N)nn4cccnc34)C2)nc1. The predicted octanol–water partition coefficient (Wildman–Crippen LogP) is 0.977. The lowest BCUT2D eigenvalue weighted by Gasteiger charge is -2.33. The summed E-state index contributed by atoms with van der Waals surface area (Å²) in [4.78, 5) is 23.4. The number of rotatable bonds is 3. The number of nitrogens with zero attached hydrogens (tertiary/aromatic N) is 6. The van der Waals surface area contributed by atoms with Crippen LogP contribution in [0.25, 0.3) is 5.65 Å². The zero-order chi connectivity index (χ0) is 18.8. The van der Waals surface area contributed by atoms with Crippen molar-refractivity contribution in [2.24, 2.45) is 0 Å². The molecule has 0 saturated carbocycles. The van der Waals surface area contributed by atoms with Gasteiger partial charge in [-0.3, -0.25) is 4.79 Å². The number of piperidine rings is 1. The van der Waals surface area contributed by atoms with Crippen LogP contribution < -0.4 is 16.0 Å². The molecule has 1 saturated heterocycles. The van der Waals surface area contributed by atoms with E-state index >= 15 is 0 Å². The average molecular weight is 362 g/mol. The fraction of sp³-hybridized carbons (Fsp3) is 0.278. The molecule has 1 atom stereocenters. The number of hydrogen-bond donors (Lipinski definition) is 2. The van der Waals surface area contributed by atoms with E-state index < -0.39 is 0 Å². The minimum absolute atomic E-state index is 0.0400. The smallest absolute Gasteiger partial charge is 0.259 e. The average Bonchev–Trinajstić information content (AvgIpc) is 3.04. The van der Waals surface area contributed by atoms with Crippen molar-refractivity contribution in [3.8, 4) is 6.07 Å². The number of carbonyl (C=O) groups excluding carboxylic acids is 1. The quantitative estimate of drug-likeness (QED) is 0.711. The van der Waals surface area contributed by atoms with Crippen LogP contribution in [0.15, 0.2) is 36.8 Å². The number of nitrogens with one attached hydrogen (secondary N) is 1. The van der Waals surface area contributed by atoms with Crippen LogP contribution in [0.1, 0.15) is 28.8 Å². The van der Waals surface area contributed by atoms with Gasteiger partial charge in [0.1, 0.15) is 17.5 Å². The van der Waals surface area contributed by atoms with Gasteiger partial charge >= 0.3 is 0 Å². The van der Waals surface area contributed by atoms with Gasteiger partial charge in [-0.1, -0.05) is 0 Å². The number of amides is 1. The highest BCUT2D eigenvalue weighted by Gasteiger charge is 2.26. The molecule has 0 spiro atoms. The van der Waals surface area contributed by atoms with E-state index in [0.29, 0.717) is 23.3 Å². The fourth-order valence-electron chi connectivity index (χ4n) is 3.32. The molecule has 1 fully saturated rings. The van der Waals surface area contributed by atoms with Crippen LogP contribution in [0, 0.1) is 11.3 Å². The summed E-state index contributed by atoms with van der Waals surface area (Å²) in [6.45, 7) is 1.49. The molecule has 0 bridgehead atoms. The Bertz CT molecular complexity index is 1020. The number of anilines is 2. The zero-order valence-corrected chi connectivity index (χ0v) is 14.5. The third-order valence-corrected chi connectivity index (χ3v) is 4.61. The Hall–Kier alpha value is -3.67. The van der Waals surface area contributed by atoms with Crippen molar-refractivity contribution >= 4 is 23.2 Å². The first-order chi connectivity index (χ1) is 13.2. The minimum Gasteiger partial charge on any atom is -0.381 e. The van der Waals surface area contributed by atoms with Gasteiger partial charge in [-0.15, -0.1) is 5.10 Å². The van der Waals surface area contributed by atoms with E-state index in [2.05, 4.69) is 31.4 Å². The maximum atomic E-state index is 12.8. The van der Waals surface area contributed by atoms with Gasteiger partial charge in [0.2, 0.25) is 0 Å². The summed E-state index contributed by atoms with van der Waals surface area (Å²) in [5, 5.41) is 16.1. The van der Waals surface area contributed by atoms with Crippen LogP contribution in [0.5, 0.6) is 0 Å². The Morgan fingerprint density at radius 3 is 3.04 bits per heavy atom. The van der Waals surface area contributed by atoms with Crippen LogP contribution >= 0.6 is 0 Å². The highest BCUT2D eigenvalue weighted by molar-refractivity contribution is 6.04. The van der Waals surface area contributed by atoms with E-state index in [0.717, 1.165) is 25.2 Å². The van der Waals surface area contributed by atoms with E-state index in [-0.39, 0.29) is 17.8 Å². The molecule has 9 heteroatoms. The molecule has 0 radical (unpaired) electrons. The van der Waals surface area contributed by atoms with Crippen LogP contribution in [0.3, 0.4) is 0 Å². The van der Waals surface area contributed by atoms with Gasteiger partial charge in [0.05, 0.1) is 5.56 Å². The molecule has 3 N–H and O–H groups in total. The van der Waals surface area contributed by atoms with Gasteiger partial charge in [-0.2, -0.15) is 5.26 Å². The molecule has 3 aromatic rings. The molecule has 0 aromatic carbocycles. The molecular weight excluding hydrogens is 344 g/mol. The number of fused-ring (bicyclic) bond motifs is 1. The van der Waals surface area contributed by atoms with Crippen molar-refractivity contribution in [3.05, 3.63) is 47.9 Å². The highest BCUT2D eigenvalue weighted by Crippen LogP contribution is 2.20. The first kappa shape index (κ1) is 16.8. The number of nitrogens with two attached hydrogens (primary N) is 1. The molecule has 3 aromatic heterocycles. The van der Waals surface area contributed by atoms with Crippen LogP contribution in [-0.2, 0) is 0 Å². The lowest BCUT2D eigenvalue weighted by atomic mass is 10.0. The largest absolute Gasteiger partial charge is 0.381 e. The Morgan fingerprint density at radius 1 is 1.37 bits per heavy atom. The molecule has 9 nitrogen and oxygen atoms in total. The van der Waals surface area contributed by atoms with E-state index in [1.54, 1.807) is 30.7 Å². The van der Waals surface area contributed by atoms with E-state index in [4.69, 9.17) is 11.0 Å². The first-order valence-electron chi connectivity index (χ1n) is 8.66. The van der Waals surface area contributed by atoms with E-state index in [1.165, 1.54) is 4.52 Å². The number of hydrogen-bond acceptors (Lipinski definition) is 7. The lowest BCUT2D eigenvalue weighted by Crippen LogP contribution is -2.48. The van der Waals surface area contributed by atoms with Gasteiger partial charge in [0, 0.05) is 37.7 Å². The van der Waals surface area contributed by atoms with Crippen molar-refractivity contribution < 1.29 is 4.79 Å². The molecular formula is C18H18N8O. The second-order valence-corrected chi connectivity index (χ2v) is 6.42. The summed E-state index contributed by atoms with van der Waals surface area (Å²) in [6, 6.07) is 7.33. The summed E-state index contributed by atoms with van der Waals surface area (Å²) in [7, 11) is 0. The van der Waals surface area contributed by atoms with Crippen LogP contribution in [0.4, 0.5) is 11.6 Å². The molecule has 1 aliphatic heterocycles. The number of carbonyl (C=O) groups is 1. The normalized spacial score (nSPS) is 16.9. The Balaban J connectivity index is 1.49. The lowest BCUT2D eigenvalue weighted by molar-refractivity contribution is 0.0935. The molecule has 1 unspecified atom stereocenters. The summed E-state index contributed by atoms with van der Waals surface area (Å²) in [6.07, 6.45) is 6.66. The maximum absolute atomic E-state index is 12.8. The van der Waals surface area contributed by atoms with Gasteiger partial charge in [0.25, 0.3) is 5.91 Å². The Morgan fingerprint density at radius 2 is 2.26 bits per heavy atom. The maximum Gasteiger partial charge on any atom is 0.259 e. The van der Waals surface area contributed by atoms with Crippen LogP contribution in [-0.4, -0.2) is 44.6 Å². The van der Waals surface area contributed by atoms with Crippen molar-refractivity contribution in [1.82, 2.24) is 24.9 Å². The van der Waals surface area contributed by atoms with Crippen molar-refractivity contribution in [2.75, 3.05) is 23.7 Å². The molecule has 27 heavy (non-hydrogen) atoms. The molecule has 1 amide bonds. The number of nitrogen functional groups attached to an aromatic ring is 1. The third kappa shape index (κ3) is 3.25. The Kier molecular flexibility index (Phi) is 4.30. The predicted molar refractivity (Wildman–Crippen MR) is 99.1 cm³/mol. The summed E-state index contributed by atoms with van der Waals surface area (Å²) >= 11 is 0. The summed E-state index contributed by atoms with van der Waals surface area (Å²) in [5.74, 6) is 0.679. The molecule has 1 aliphatic rings. The monoisotopic (exact) mass is 362 g/mol. The van der Waals surface area contributed by atoms with Gasteiger partial charge in [-0.05, 0) is 31.0 Å². The van der Waals surface area contributed by atoms with Crippen LogP contribution in [0.2, 0.25) is 0 Å². The van der Waals surface area contributed by atoms with E-state index in [9.17, 15) is 4.79 Å². The number of nitriles is 1. The first-order valence-corrected chi connectivity index (χ1v) is 8.66. The molecule has 4 heterocycles. The second-order valence-electron chi connectivity index (χ2n) is 6.42. The van der Waals surface area contributed by atoms with Crippen molar-refractivity contribution in [1.29, 1.82) is 5.26 Å². The third-order valence-electron chi connectivity index (χ3n) is 4.61. The highest BCUT2D eigenvalue weighted by atomic mass is 16.1. The standard InChI is InChI=1S/C18H18N8O/c19-9-12-4-5-14(22-10-12)25-7-1-3-13(11-25)23-18(27)15-16(20)24-26-8-2-6-21-17(15)26/h2,4-6,8,10,13H,1,3,7,11H2,(H2,20,24)(H,23,27). The topological polar surface area (TPSA) is 125 Å². The van der Waals surface area contributed by atoms with Crippen molar-refractivity contribution in [3.63, 3.8) is 0 Å². The number of pyridine rings is 1. The zero-order valence-electron chi connectivity index (χ0n) is 14.5. The fourth-order valence-corrected chi connectivity index (χ4v) is 3.32. The minimum atomic E-state index is -0.277. The molecule has 4 rings (SSSR count). The van der Waals surface area contributed by atoms with Gasteiger partial charge in [-0.25, -0.2) is 14.5 Å². The van der Waals surface area contributed by atoms with Crippen molar-refractivity contribution in [2.45, 2.75) is 18.9 Å². The second kappa shape index (κ2) is 6.92.